The highest BCUT2D eigenvalue weighted by molar-refractivity contribution is 5.76. The molecule has 1 atom stereocenters. The minimum Gasteiger partial charge on any atom is -0.393 e. The Kier molecular flexibility index (Phi) is 5.13. The van der Waals surface area contributed by atoms with Crippen molar-refractivity contribution >= 4 is 5.91 Å². The van der Waals surface area contributed by atoms with Crippen molar-refractivity contribution < 1.29 is 9.90 Å². The number of aromatic nitrogens is 1. The Morgan fingerprint density at radius 2 is 2.04 bits per heavy atom. The topological polar surface area (TPSA) is 83.4 Å². The third-order valence-corrected chi connectivity index (χ3v) is 5.09. The van der Waals surface area contributed by atoms with Gasteiger partial charge in [0.15, 0.2) is 0 Å². The van der Waals surface area contributed by atoms with Crippen molar-refractivity contribution in [3.8, 4) is 0 Å². The molecule has 1 aromatic heterocycles. The zero-order chi connectivity index (χ0) is 16.2. The molecular formula is C17H25N3O3. The quantitative estimate of drug-likeness (QED) is 0.719. The minimum atomic E-state index is -0.224. The Bertz CT molecular complexity index is 589. The lowest BCUT2D eigenvalue weighted by atomic mass is 9.71. The Morgan fingerprint density at radius 3 is 2.70 bits per heavy atom. The first-order chi connectivity index (χ1) is 11.1. The van der Waals surface area contributed by atoms with Crippen LogP contribution in [0.2, 0.25) is 0 Å². The first-order valence-electron chi connectivity index (χ1n) is 8.47. The maximum absolute atomic E-state index is 12.4. The standard InChI is InChI=1S/C17H25N3O3/c21-14-9-13(10-14)17(12-4-6-18-7-5-12)19-15(22)11-20-8-2-1-3-16(20)23/h1-3,8,12-14,17-18,21H,4-7,9-11H2,(H,19,22). The van der Waals surface area contributed by atoms with E-state index in [4.69, 9.17) is 0 Å². The summed E-state index contributed by atoms with van der Waals surface area (Å²) in [5.74, 6) is 0.679. The van der Waals surface area contributed by atoms with Gasteiger partial charge in [-0.3, -0.25) is 9.59 Å². The van der Waals surface area contributed by atoms with E-state index in [0.717, 1.165) is 38.8 Å². The maximum atomic E-state index is 12.4. The van der Waals surface area contributed by atoms with E-state index >= 15 is 0 Å². The number of nitrogens with zero attached hydrogens (tertiary/aromatic N) is 1. The molecule has 6 heteroatoms. The molecule has 3 rings (SSSR count). The van der Waals surface area contributed by atoms with Crippen molar-refractivity contribution in [1.82, 2.24) is 15.2 Å². The Hall–Kier alpha value is -1.66. The summed E-state index contributed by atoms with van der Waals surface area (Å²) in [5, 5.41) is 16.1. The highest BCUT2D eigenvalue weighted by atomic mass is 16.3. The second kappa shape index (κ2) is 7.27. The number of nitrogens with one attached hydrogen (secondary N) is 2. The van der Waals surface area contributed by atoms with Gasteiger partial charge in [-0.1, -0.05) is 6.07 Å². The third kappa shape index (κ3) is 4.00. The predicted octanol–water partition coefficient (Wildman–Crippen LogP) is 0.104. The van der Waals surface area contributed by atoms with E-state index in [9.17, 15) is 14.7 Å². The molecule has 2 fully saturated rings. The van der Waals surface area contributed by atoms with E-state index in [2.05, 4.69) is 10.6 Å². The van der Waals surface area contributed by atoms with E-state index in [0.29, 0.717) is 11.8 Å². The van der Waals surface area contributed by atoms with Crippen LogP contribution in [0.5, 0.6) is 0 Å². The van der Waals surface area contributed by atoms with Crippen molar-refractivity contribution in [2.24, 2.45) is 11.8 Å². The molecule has 1 saturated heterocycles. The lowest BCUT2D eigenvalue weighted by molar-refractivity contribution is -0.124. The first-order valence-corrected chi connectivity index (χ1v) is 8.47. The van der Waals surface area contributed by atoms with Gasteiger partial charge in [0.2, 0.25) is 5.91 Å². The van der Waals surface area contributed by atoms with Crippen LogP contribution in [0.3, 0.4) is 0 Å². The molecule has 23 heavy (non-hydrogen) atoms. The summed E-state index contributed by atoms with van der Waals surface area (Å²) in [5.41, 5.74) is -0.167. The van der Waals surface area contributed by atoms with E-state index in [1.165, 1.54) is 10.6 Å². The fourth-order valence-corrected chi connectivity index (χ4v) is 3.72. The van der Waals surface area contributed by atoms with Crippen LogP contribution in [-0.4, -0.2) is 40.8 Å². The van der Waals surface area contributed by atoms with Gasteiger partial charge in [0.1, 0.15) is 6.54 Å². The Labute approximate surface area is 135 Å². The molecule has 1 aliphatic heterocycles. The number of hydrogen-bond donors (Lipinski definition) is 3. The SMILES string of the molecule is O=C(Cn1ccccc1=O)NC(C1CCNCC1)C1CC(O)C1. The summed E-state index contributed by atoms with van der Waals surface area (Å²) < 4.78 is 1.42. The number of aliphatic hydroxyl groups excluding tert-OH is 1. The van der Waals surface area contributed by atoms with Gasteiger partial charge in [0, 0.05) is 18.3 Å². The van der Waals surface area contributed by atoms with E-state index in [-0.39, 0.29) is 30.2 Å². The molecule has 126 valence electrons. The zero-order valence-corrected chi connectivity index (χ0v) is 13.3. The summed E-state index contributed by atoms with van der Waals surface area (Å²) in [4.78, 5) is 24.1. The zero-order valence-electron chi connectivity index (χ0n) is 13.3. The number of aliphatic hydroxyl groups is 1. The van der Waals surface area contributed by atoms with Gasteiger partial charge in [-0.15, -0.1) is 0 Å². The third-order valence-electron chi connectivity index (χ3n) is 5.09. The summed E-state index contributed by atoms with van der Waals surface area (Å²) in [6, 6.07) is 4.98. The molecule has 1 unspecified atom stereocenters. The van der Waals surface area contributed by atoms with Crippen molar-refractivity contribution in [2.45, 2.75) is 44.4 Å². The number of piperidine rings is 1. The smallest absolute Gasteiger partial charge is 0.250 e. The van der Waals surface area contributed by atoms with Gasteiger partial charge >= 0.3 is 0 Å². The summed E-state index contributed by atoms with van der Waals surface area (Å²) in [6.45, 7) is 2.01. The largest absolute Gasteiger partial charge is 0.393 e. The van der Waals surface area contributed by atoms with Gasteiger partial charge in [-0.2, -0.15) is 0 Å². The van der Waals surface area contributed by atoms with Crippen LogP contribution in [0.15, 0.2) is 29.2 Å². The van der Waals surface area contributed by atoms with Gasteiger partial charge in [-0.05, 0) is 56.7 Å². The highest BCUT2D eigenvalue weighted by Gasteiger charge is 2.39. The monoisotopic (exact) mass is 319 g/mol. The van der Waals surface area contributed by atoms with Crippen LogP contribution in [-0.2, 0) is 11.3 Å². The van der Waals surface area contributed by atoms with E-state index < -0.39 is 0 Å². The normalized spacial score (nSPS) is 26.3. The fraction of sp³-hybridized carbons (Fsp3) is 0.647. The van der Waals surface area contributed by atoms with Crippen molar-refractivity contribution in [1.29, 1.82) is 0 Å². The first kappa shape index (κ1) is 16.2. The van der Waals surface area contributed by atoms with Gasteiger partial charge < -0.3 is 20.3 Å². The number of pyridine rings is 1. The van der Waals surface area contributed by atoms with Gasteiger partial charge in [0.05, 0.1) is 6.10 Å². The second-order valence-electron chi connectivity index (χ2n) is 6.73. The van der Waals surface area contributed by atoms with Gasteiger partial charge in [0.25, 0.3) is 5.56 Å². The number of carbonyl (C=O) groups excluding carboxylic acids is 1. The molecule has 2 heterocycles. The predicted molar refractivity (Wildman–Crippen MR) is 87.0 cm³/mol. The summed E-state index contributed by atoms with van der Waals surface area (Å²) in [6.07, 6.45) is 5.03. The summed E-state index contributed by atoms with van der Waals surface area (Å²) >= 11 is 0. The Morgan fingerprint density at radius 1 is 1.30 bits per heavy atom. The number of hydrogen-bond acceptors (Lipinski definition) is 4. The minimum absolute atomic E-state index is 0.0520. The van der Waals surface area contributed by atoms with Crippen LogP contribution in [0.1, 0.15) is 25.7 Å². The molecule has 0 bridgehead atoms. The molecule has 1 aliphatic carbocycles. The molecule has 0 aromatic carbocycles. The number of rotatable bonds is 5. The lowest BCUT2D eigenvalue weighted by Gasteiger charge is -2.43. The molecule has 1 amide bonds. The van der Waals surface area contributed by atoms with Crippen LogP contribution in [0, 0.1) is 11.8 Å². The molecule has 6 nitrogen and oxygen atoms in total. The van der Waals surface area contributed by atoms with Crippen LogP contribution in [0.25, 0.3) is 0 Å². The number of carbonyl (C=O) groups is 1. The highest BCUT2D eigenvalue weighted by Crippen LogP contribution is 2.35. The van der Waals surface area contributed by atoms with Crippen molar-refractivity contribution in [2.75, 3.05) is 13.1 Å². The average molecular weight is 319 g/mol. The van der Waals surface area contributed by atoms with Gasteiger partial charge in [-0.25, -0.2) is 0 Å². The van der Waals surface area contributed by atoms with Crippen molar-refractivity contribution in [3.63, 3.8) is 0 Å². The molecule has 2 aliphatic rings. The summed E-state index contributed by atoms with van der Waals surface area (Å²) in [7, 11) is 0. The second-order valence-corrected chi connectivity index (χ2v) is 6.73. The molecule has 0 spiro atoms. The van der Waals surface area contributed by atoms with E-state index in [1.807, 2.05) is 0 Å². The van der Waals surface area contributed by atoms with E-state index in [1.54, 1.807) is 18.3 Å². The fourth-order valence-electron chi connectivity index (χ4n) is 3.72. The van der Waals surface area contributed by atoms with Crippen LogP contribution in [0.4, 0.5) is 0 Å². The van der Waals surface area contributed by atoms with Crippen LogP contribution >= 0.6 is 0 Å². The number of amides is 1. The Balaban J connectivity index is 1.64. The van der Waals surface area contributed by atoms with Crippen molar-refractivity contribution in [3.05, 3.63) is 34.7 Å². The maximum Gasteiger partial charge on any atom is 0.250 e. The molecule has 0 radical (unpaired) electrons. The molecular weight excluding hydrogens is 294 g/mol. The average Bonchev–Trinajstić information content (AvgIpc) is 2.53. The molecule has 1 saturated carbocycles. The molecule has 1 aromatic rings. The lowest BCUT2D eigenvalue weighted by Crippen LogP contribution is -2.53. The van der Waals surface area contributed by atoms with Crippen LogP contribution < -0.4 is 16.2 Å². The molecule has 3 N–H and O–H groups in total.